The predicted molar refractivity (Wildman–Crippen MR) is 98.1 cm³/mol. The van der Waals surface area contributed by atoms with Crippen LogP contribution in [0.4, 0.5) is 83.4 Å². The normalized spacial score (nSPS) is 15.3. The fourth-order valence-electron chi connectivity index (χ4n) is 3.22. The highest BCUT2D eigenvalue weighted by Crippen LogP contribution is 2.66. The van der Waals surface area contributed by atoms with Gasteiger partial charge in [-0.1, -0.05) is 42.5 Å². The van der Waals surface area contributed by atoms with Crippen molar-refractivity contribution in [2.75, 3.05) is 0 Å². The first-order valence-corrected chi connectivity index (χ1v) is 9.97. The van der Waals surface area contributed by atoms with Crippen molar-refractivity contribution >= 4 is 0 Å². The van der Waals surface area contributed by atoms with Crippen molar-refractivity contribution in [1.29, 1.82) is 0 Å². The van der Waals surface area contributed by atoms with Crippen LogP contribution in [0, 0.1) is 0 Å². The quantitative estimate of drug-likeness (QED) is 0.272. The lowest BCUT2D eigenvalue weighted by Gasteiger charge is -2.44. The summed E-state index contributed by atoms with van der Waals surface area (Å²) in [4.78, 5) is 0. The molecule has 2 aromatic rings. The van der Waals surface area contributed by atoms with E-state index >= 15 is 0 Å². The second-order valence-electron chi connectivity index (χ2n) is 8.16. The lowest BCUT2D eigenvalue weighted by molar-refractivity contribution is -0.469. The third-order valence-corrected chi connectivity index (χ3v) is 5.58. The van der Waals surface area contributed by atoms with Gasteiger partial charge in [0.2, 0.25) is 0 Å². The molecule has 0 aliphatic carbocycles. The monoisotopic (exact) mass is 638 g/mol. The molecule has 0 bridgehead atoms. The van der Waals surface area contributed by atoms with Crippen LogP contribution in [0.1, 0.15) is 5.56 Å². The van der Waals surface area contributed by atoms with Crippen LogP contribution < -0.4 is 0 Å². The molecule has 2 rings (SSSR count). The Morgan fingerprint density at radius 3 is 1.07 bits per heavy atom. The van der Waals surface area contributed by atoms with Crippen molar-refractivity contribution in [1.82, 2.24) is 0 Å². The zero-order chi connectivity index (χ0) is 32.5. The van der Waals surface area contributed by atoms with Crippen LogP contribution in [-0.2, 0) is 5.92 Å². The zero-order valence-corrected chi connectivity index (χ0v) is 18.7. The number of aromatic hydroxyl groups is 1. The molecule has 0 spiro atoms. The van der Waals surface area contributed by atoms with Crippen molar-refractivity contribution in [3.63, 3.8) is 0 Å². The molecule has 0 unspecified atom stereocenters. The second-order valence-corrected chi connectivity index (χ2v) is 8.16. The highest BCUT2D eigenvalue weighted by Gasteiger charge is 2.96. The molecular formula is C21H9F19O. The Bertz CT molecular complexity index is 1260. The number of phenolic OH excluding ortho intramolecular Hbond substituents is 1. The maximum Gasteiger partial charge on any atom is 0.460 e. The van der Waals surface area contributed by atoms with Gasteiger partial charge in [0.25, 0.3) is 0 Å². The Morgan fingerprint density at radius 2 is 0.683 bits per heavy atom. The summed E-state index contributed by atoms with van der Waals surface area (Å²) in [6.45, 7) is 0. The van der Waals surface area contributed by atoms with Crippen LogP contribution in [0.5, 0.6) is 5.75 Å². The summed E-state index contributed by atoms with van der Waals surface area (Å²) in [6, 6.07) is 4.50. The van der Waals surface area contributed by atoms with E-state index in [2.05, 4.69) is 0 Å². The number of hydrogen-bond donors (Lipinski definition) is 1. The number of hydrogen-bond acceptors (Lipinski definition) is 1. The molecule has 0 fully saturated rings. The Kier molecular flexibility index (Phi) is 7.88. The van der Waals surface area contributed by atoms with E-state index in [9.17, 15) is 88.5 Å². The fourth-order valence-corrected chi connectivity index (χ4v) is 3.22. The molecule has 0 amide bonds. The van der Waals surface area contributed by atoms with Crippen molar-refractivity contribution in [3.8, 4) is 16.9 Å². The Morgan fingerprint density at radius 1 is 0.366 bits per heavy atom. The SMILES string of the molecule is Oc1ccccc1-c1ccccc1C(F)(F)C(F)(F)C(F)(F)C(F)(F)C(F)(F)C(F)(F)C(F)(F)C(F)(F)C(F)(F)F. The van der Waals surface area contributed by atoms with Crippen LogP contribution in [-0.4, -0.2) is 52.7 Å². The van der Waals surface area contributed by atoms with Crippen LogP contribution in [0.3, 0.4) is 0 Å². The van der Waals surface area contributed by atoms with Gasteiger partial charge in [0.1, 0.15) is 5.75 Å². The van der Waals surface area contributed by atoms with E-state index in [1.165, 1.54) is 0 Å². The first-order chi connectivity index (χ1) is 18.0. The molecular weight excluding hydrogens is 629 g/mol. The van der Waals surface area contributed by atoms with Gasteiger partial charge < -0.3 is 5.11 Å². The number of alkyl halides is 19. The minimum Gasteiger partial charge on any atom is -0.507 e. The summed E-state index contributed by atoms with van der Waals surface area (Å²) in [5.41, 5.74) is -4.74. The molecule has 0 atom stereocenters. The van der Waals surface area contributed by atoms with Crippen molar-refractivity contribution < 1.29 is 88.5 Å². The molecule has 1 N–H and O–H groups in total. The molecule has 41 heavy (non-hydrogen) atoms. The van der Waals surface area contributed by atoms with E-state index in [-0.39, 0.29) is 6.07 Å². The molecule has 0 aliphatic rings. The maximum atomic E-state index is 14.8. The van der Waals surface area contributed by atoms with Gasteiger partial charge in [0.05, 0.1) is 0 Å². The summed E-state index contributed by atoms with van der Waals surface area (Å²) in [5.74, 6) is -68.4. The standard InChI is InChI=1S/C21H9F19O/c22-13(23,11-7-3-1-5-9(11)10-6-2-4-8-12(10)41)14(24,25)15(26,27)16(28,29)17(30,31)18(32,33)19(34,35)20(36,37)21(38,39)40/h1-8,41H. The number of halogens is 19. The lowest BCUT2D eigenvalue weighted by Crippen LogP contribution is -2.75. The van der Waals surface area contributed by atoms with Gasteiger partial charge in [0, 0.05) is 11.1 Å². The predicted octanol–water partition coefficient (Wildman–Crippen LogP) is 9.16. The van der Waals surface area contributed by atoms with Crippen LogP contribution in [0.15, 0.2) is 48.5 Å². The van der Waals surface area contributed by atoms with Gasteiger partial charge in [-0.2, -0.15) is 83.4 Å². The molecule has 0 saturated heterocycles. The fraction of sp³-hybridized carbons (Fsp3) is 0.429. The summed E-state index contributed by atoms with van der Waals surface area (Å²) in [6.07, 6.45) is -7.93. The third kappa shape index (κ3) is 4.42. The van der Waals surface area contributed by atoms with E-state index in [0.717, 1.165) is 12.1 Å². The van der Waals surface area contributed by atoms with E-state index in [1.54, 1.807) is 0 Å². The first kappa shape index (κ1) is 34.1. The summed E-state index contributed by atoms with van der Waals surface area (Å²) in [7, 11) is 0. The minimum atomic E-state index is -8.99. The smallest absolute Gasteiger partial charge is 0.460 e. The Balaban J connectivity index is 2.77. The molecule has 0 saturated carbocycles. The number of phenols is 1. The van der Waals surface area contributed by atoms with Gasteiger partial charge >= 0.3 is 53.6 Å². The molecule has 20 heteroatoms. The zero-order valence-electron chi connectivity index (χ0n) is 18.7. The van der Waals surface area contributed by atoms with E-state index in [1.807, 2.05) is 0 Å². The summed E-state index contributed by atoms with van der Waals surface area (Å²) in [5, 5.41) is 9.75. The molecule has 0 aromatic heterocycles. The van der Waals surface area contributed by atoms with Gasteiger partial charge in [0.15, 0.2) is 0 Å². The van der Waals surface area contributed by atoms with Crippen molar-refractivity contribution in [2.45, 2.75) is 53.6 Å². The van der Waals surface area contributed by atoms with Gasteiger partial charge in [-0.3, -0.25) is 0 Å². The topological polar surface area (TPSA) is 20.2 Å². The van der Waals surface area contributed by atoms with Crippen LogP contribution in [0.2, 0.25) is 0 Å². The largest absolute Gasteiger partial charge is 0.507 e. The van der Waals surface area contributed by atoms with Crippen molar-refractivity contribution in [2.24, 2.45) is 0 Å². The third-order valence-electron chi connectivity index (χ3n) is 5.58. The second kappa shape index (κ2) is 9.47. The average molecular weight is 638 g/mol. The molecule has 0 radical (unpaired) electrons. The Labute approximate surface area is 214 Å². The lowest BCUT2D eigenvalue weighted by atomic mass is 9.84. The maximum absolute atomic E-state index is 14.8. The van der Waals surface area contributed by atoms with E-state index < -0.39 is 76.0 Å². The van der Waals surface area contributed by atoms with E-state index in [4.69, 9.17) is 0 Å². The summed E-state index contributed by atoms with van der Waals surface area (Å²) < 4.78 is 259. The highest BCUT2D eigenvalue weighted by atomic mass is 19.4. The van der Waals surface area contributed by atoms with Gasteiger partial charge in [-0.15, -0.1) is 0 Å². The number of para-hydroxylation sites is 1. The average Bonchev–Trinajstić information content (AvgIpc) is 2.82. The van der Waals surface area contributed by atoms with E-state index in [0.29, 0.717) is 30.3 Å². The highest BCUT2D eigenvalue weighted by molar-refractivity contribution is 5.74. The molecule has 0 aliphatic heterocycles. The van der Waals surface area contributed by atoms with Crippen LogP contribution >= 0.6 is 0 Å². The first-order valence-electron chi connectivity index (χ1n) is 9.97. The molecule has 1 nitrogen and oxygen atoms in total. The molecule has 232 valence electrons. The minimum absolute atomic E-state index is 0.214. The summed E-state index contributed by atoms with van der Waals surface area (Å²) >= 11 is 0. The molecule has 0 heterocycles. The van der Waals surface area contributed by atoms with Gasteiger partial charge in [-0.25, -0.2) is 0 Å². The Hall–Kier alpha value is -3.09. The van der Waals surface area contributed by atoms with Crippen LogP contribution in [0.25, 0.3) is 11.1 Å². The number of benzene rings is 2. The van der Waals surface area contributed by atoms with Crippen molar-refractivity contribution in [3.05, 3.63) is 54.1 Å². The molecule has 2 aromatic carbocycles. The number of rotatable bonds is 9. The van der Waals surface area contributed by atoms with Gasteiger partial charge in [-0.05, 0) is 11.6 Å².